The number of likely N-dealkylation sites (N-methyl/N-ethyl adjacent to an activating group) is 1. The van der Waals surface area contributed by atoms with Crippen molar-refractivity contribution in [2.24, 2.45) is 0 Å². The first-order valence-corrected chi connectivity index (χ1v) is 9.49. The van der Waals surface area contributed by atoms with Crippen LogP contribution in [-0.4, -0.2) is 71.4 Å². The van der Waals surface area contributed by atoms with Crippen molar-refractivity contribution in [3.63, 3.8) is 0 Å². The van der Waals surface area contributed by atoms with Gasteiger partial charge in [-0.1, -0.05) is 0 Å². The Bertz CT molecular complexity index is 519. The molecule has 1 aromatic heterocycles. The fraction of sp³-hybridized carbons (Fsp3) is 0.750. The van der Waals surface area contributed by atoms with Gasteiger partial charge in [-0.15, -0.1) is 0 Å². The molecule has 2 saturated heterocycles. The lowest BCUT2D eigenvalue weighted by atomic mass is 9.86. The van der Waals surface area contributed by atoms with Gasteiger partial charge in [-0.3, -0.25) is 9.48 Å². The van der Waals surface area contributed by atoms with Gasteiger partial charge in [0.25, 0.3) is 0 Å². The van der Waals surface area contributed by atoms with E-state index in [1.54, 1.807) is 6.20 Å². The molecule has 3 heterocycles. The SMILES string of the molecule is CN(C)C1(CNC(=O)C2(n3cccn3)CCNCC2)CCSC1. The summed E-state index contributed by atoms with van der Waals surface area (Å²) in [4.78, 5) is 15.4. The summed E-state index contributed by atoms with van der Waals surface area (Å²) in [5, 5.41) is 11.0. The van der Waals surface area contributed by atoms with Gasteiger partial charge in [-0.25, -0.2) is 0 Å². The summed E-state index contributed by atoms with van der Waals surface area (Å²) in [5.74, 6) is 2.36. The van der Waals surface area contributed by atoms with Crippen molar-refractivity contribution in [2.75, 3.05) is 45.2 Å². The van der Waals surface area contributed by atoms with E-state index in [4.69, 9.17) is 0 Å². The van der Waals surface area contributed by atoms with Crippen molar-refractivity contribution in [2.45, 2.75) is 30.3 Å². The summed E-state index contributed by atoms with van der Waals surface area (Å²) in [5.41, 5.74) is -0.466. The third-order valence-corrected chi connectivity index (χ3v) is 6.64. The number of nitrogens with zero attached hydrogens (tertiary/aromatic N) is 3. The molecule has 7 heteroatoms. The normalized spacial score (nSPS) is 27.3. The highest BCUT2D eigenvalue weighted by Gasteiger charge is 2.44. The van der Waals surface area contributed by atoms with E-state index in [-0.39, 0.29) is 11.4 Å². The average Bonchev–Trinajstić information content (AvgIpc) is 3.25. The molecule has 1 unspecified atom stereocenters. The van der Waals surface area contributed by atoms with Crippen LogP contribution in [0.25, 0.3) is 0 Å². The predicted molar refractivity (Wildman–Crippen MR) is 93.7 cm³/mol. The Balaban J connectivity index is 1.74. The Hall–Kier alpha value is -1.05. The summed E-state index contributed by atoms with van der Waals surface area (Å²) in [6.45, 7) is 2.41. The minimum Gasteiger partial charge on any atom is -0.352 e. The minimum atomic E-state index is -0.548. The molecule has 2 aliphatic heterocycles. The van der Waals surface area contributed by atoms with Crippen LogP contribution in [0.1, 0.15) is 19.3 Å². The van der Waals surface area contributed by atoms with Crippen LogP contribution in [0.4, 0.5) is 0 Å². The molecule has 23 heavy (non-hydrogen) atoms. The topological polar surface area (TPSA) is 62.2 Å². The van der Waals surface area contributed by atoms with E-state index in [1.807, 2.05) is 28.7 Å². The fourth-order valence-electron chi connectivity index (χ4n) is 3.58. The van der Waals surface area contributed by atoms with Crippen LogP contribution < -0.4 is 10.6 Å². The lowest BCUT2D eigenvalue weighted by molar-refractivity contribution is -0.132. The molecule has 2 N–H and O–H groups in total. The molecule has 0 bridgehead atoms. The number of nitrogens with one attached hydrogen (secondary N) is 2. The van der Waals surface area contributed by atoms with Gasteiger partial charge in [0.05, 0.1) is 0 Å². The standard InChI is InChI=1S/C16H27N5OS/c1-20(2)15(6-11-23-13-15)12-18-14(22)16(4-8-17-9-5-16)21-10-3-7-19-21/h3,7,10,17H,4-6,8-9,11-13H2,1-2H3,(H,18,22). The molecule has 2 fully saturated rings. The summed E-state index contributed by atoms with van der Waals surface area (Å²) in [7, 11) is 4.23. The van der Waals surface area contributed by atoms with E-state index in [9.17, 15) is 4.79 Å². The number of piperidine rings is 1. The van der Waals surface area contributed by atoms with E-state index in [0.717, 1.165) is 38.1 Å². The second-order valence-electron chi connectivity index (χ2n) is 6.84. The van der Waals surface area contributed by atoms with Crippen molar-refractivity contribution in [1.82, 2.24) is 25.3 Å². The lowest BCUT2D eigenvalue weighted by Gasteiger charge is -2.40. The van der Waals surface area contributed by atoms with Crippen LogP contribution in [0.2, 0.25) is 0 Å². The average molecular weight is 337 g/mol. The minimum absolute atomic E-state index is 0.0819. The molecular formula is C16H27N5OS. The van der Waals surface area contributed by atoms with Gasteiger partial charge >= 0.3 is 0 Å². The quantitative estimate of drug-likeness (QED) is 0.820. The largest absolute Gasteiger partial charge is 0.352 e. The maximum absolute atomic E-state index is 13.1. The highest BCUT2D eigenvalue weighted by atomic mass is 32.2. The van der Waals surface area contributed by atoms with Crippen LogP contribution >= 0.6 is 11.8 Å². The van der Waals surface area contributed by atoms with Gasteiger partial charge in [0.1, 0.15) is 5.54 Å². The summed E-state index contributed by atoms with van der Waals surface area (Å²) in [6, 6.07) is 1.89. The first kappa shape index (κ1) is 16.8. The van der Waals surface area contributed by atoms with E-state index in [2.05, 4.69) is 34.7 Å². The Morgan fingerprint density at radius 2 is 2.17 bits per heavy atom. The molecule has 0 saturated carbocycles. The first-order chi connectivity index (χ1) is 11.1. The zero-order chi connectivity index (χ0) is 16.3. The molecule has 1 atom stereocenters. The van der Waals surface area contributed by atoms with E-state index < -0.39 is 5.54 Å². The number of aromatic nitrogens is 2. The number of amides is 1. The van der Waals surface area contributed by atoms with Crippen molar-refractivity contribution < 1.29 is 4.79 Å². The first-order valence-electron chi connectivity index (χ1n) is 8.33. The Morgan fingerprint density at radius 1 is 1.39 bits per heavy atom. The van der Waals surface area contributed by atoms with Gasteiger partial charge in [0.2, 0.25) is 5.91 Å². The van der Waals surface area contributed by atoms with E-state index in [0.29, 0.717) is 6.54 Å². The fourth-order valence-corrected chi connectivity index (χ4v) is 5.13. The predicted octanol–water partition coefficient (Wildman–Crippen LogP) is 0.515. The highest BCUT2D eigenvalue weighted by Crippen LogP contribution is 2.32. The molecule has 2 aliphatic rings. The maximum atomic E-state index is 13.1. The van der Waals surface area contributed by atoms with Gasteiger partial charge in [-0.2, -0.15) is 16.9 Å². The monoisotopic (exact) mass is 337 g/mol. The molecule has 3 rings (SSSR count). The molecule has 0 aromatic carbocycles. The molecule has 0 aliphatic carbocycles. The molecule has 6 nitrogen and oxygen atoms in total. The van der Waals surface area contributed by atoms with Gasteiger partial charge in [0, 0.05) is 30.2 Å². The summed E-state index contributed by atoms with van der Waals surface area (Å²) < 4.78 is 1.86. The lowest BCUT2D eigenvalue weighted by Crippen LogP contribution is -2.59. The van der Waals surface area contributed by atoms with Gasteiger partial charge < -0.3 is 15.5 Å². The second kappa shape index (κ2) is 6.83. The molecule has 1 amide bonds. The number of hydrogen-bond donors (Lipinski definition) is 2. The molecule has 1 aromatic rings. The van der Waals surface area contributed by atoms with Crippen LogP contribution in [0.15, 0.2) is 18.5 Å². The summed E-state index contributed by atoms with van der Waals surface area (Å²) in [6.07, 6.45) is 6.36. The zero-order valence-corrected chi connectivity index (χ0v) is 14.9. The molecule has 128 valence electrons. The van der Waals surface area contributed by atoms with Gasteiger partial charge in [0.15, 0.2) is 0 Å². The van der Waals surface area contributed by atoms with E-state index in [1.165, 1.54) is 5.75 Å². The molecule has 0 radical (unpaired) electrons. The molecular weight excluding hydrogens is 310 g/mol. The van der Waals surface area contributed by atoms with Crippen LogP contribution in [-0.2, 0) is 10.3 Å². The number of carbonyl (C=O) groups excluding carboxylic acids is 1. The zero-order valence-electron chi connectivity index (χ0n) is 14.0. The second-order valence-corrected chi connectivity index (χ2v) is 7.94. The Kier molecular flexibility index (Phi) is 4.98. The third-order valence-electron chi connectivity index (χ3n) is 5.41. The van der Waals surface area contributed by atoms with Crippen molar-refractivity contribution in [3.05, 3.63) is 18.5 Å². The Labute approximate surface area is 142 Å². The van der Waals surface area contributed by atoms with Crippen LogP contribution in [0, 0.1) is 0 Å². The highest BCUT2D eigenvalue weighted by molar-refractivity contribution is 7.99. The Morgan fingerprint density at radius 3 is 2.74 bits per heavy atom. The van der Waals surface area contributed by atoms with Crippen molar-refractivity contribution >= 4 is 17.7 Å². The molecule has 0 spiro atoms. The third kappa shape index (κ3) is 3.14. The van der Waals surface area contributed by atoms with Crippen molar-refractivity contribution in [3.8, 4) is 0 Å². The number of thioether (sulfide) groups is 1. The van der Waals surface area contributed by atoms with Crippen LogP contribution in [0.3, 0.4) is 0 Å². The van der Waals surface area contributed by atoms with E-state index >= 15 is 0 Å². The number of rotatable bonds is 5. The smallest absolute Gasteiger partial charge is 0.248 e. The summed E-state index contributed by atoms with van der Waals surface area (Å²) >= 11 is 1.97. The van der Waals surface area contributed by atoms with Crippen LogP contribution in [0.5, 0.6) is 0 Å². The van der Waals surface area contributed by atoms with Gasteiger partial charge in [-0.05, 0) is 58.3 Å². The number of hydrogen-bond acceptors (Lipinski definition) is 5. The maximum Gasteiger partial charge on any atom is 0.248 e. The van der Waals surface area contributed by atoms with Crippen molar-refractivity contribution in [1.29, 1.82) is 0 Å². The number of carbonyl (C=O) groups is 1.